The van der Waals surface area contributed by atoms with Crippen molar-refractivity contribution in [1.29, 1.82) is 0 Å². The second-order valence-corrected chi connectivity index (χ2v) is 7.71. The van der Waals surface area contributed by atoms with Crippen LogP contribution >= 0.6 is 0 Å². The zero-order chi connectivity index (χ0) is 21.3. The van der Waals surface area contributed by atoms with Crippen LogP contribution in [0.2, 0.25) is 0 Å². The predicted octanol–water partition coefficient (Wildman–Crippen LogP) is 4.19. The summed E-state index contributed by atoms with van der Waals surface area (Å²) in [7, 11) is 0. The summed E-state index contributed by atoms with van der Waals surface area (Å²) in [4.78, 5) is 14.6. The van der Waals surface area contributed by atoms with E-state index < -0.39 is 0 Å². The first kappa shape index (κ1) is 20.1. The molecule has 1 fully saturated rings. The topological polar surface area (TPSA) is 59.4 Å². The Hall–Kier alpha value is -3.19. The lowest BCUT2D eigenvalue weighted by molar-refractivity contribution is -0.00539. The fraction of sp³-hybridized carbons (Fsp3) is 0.304. The lowest BCUT2D eigenvalue weighted by atomic mass is 10.1. The molecule has 3 aromatic rings. The molecule has 4 rings (SSSR count). The lowest BCUT2D eigenvalue weighted by Crippen LogP contribution is -2.45. The van der Waals surface area contributed by atoms with Crippen LogP contribution in [-0.4, -0.2) is 41.0 Å². The number of ether oxygens (including phenoxy) is 1. The van der Waals surface area contributed by atoms with Crippen LogP contribution in [-0.2, 0) is 4.74 Å². The molecule has 6 nitrogen and oxygen atoms in total. The van der Waals surface area contributed by atoms with Crippen LogP contribution in [0.15, 0.2) is 54.7 Å². The summed E-state index contributed by atoms with van der Waals surface area (Å²) in [6, 6.07) is 13.8. The Labute approximate surface area is 175 Å². The van der Waals surface area contributed by atoms with Crippen molar-refractivity contribution >= 4 is 17.3 Å². The molecule has 2 atom stereocenters. The molecule has 7 heteroatoms. The van der Waals surface area contributed by atoms with Gasteiger partial charge in [-0.05, 0) is 69.3 Å². The number of morpholine rings is 1. The van der Waals surface area contributed by atoms with Gasteiger partial charge in [-0.2, -0.15) is 5.10 Å². The minimum atomic E-state index is -0.362. The van der Waals surface area contributed by atoms with Gasteiger partial charge in [0.05, 0.1) is 23.6 Å². The van der Waals surface area contributed by atoms with E-state index in [0.29, 0.717) is 30.0 Å². The number of anilines is 2. The fourth-order valence-corrected chi connectivity index (χ4v) is 3.81. The minimum Gasteiger partial charge on any atom is -0.372 e. The van der Waals surface area contributed by atoms with Gasteiger partial charge in [0.1, 0.15) is 5.82 Å². The minimum absolute atomic E-state index is 0.0426. The van der Waals surface area contributed by atoms with E-state index in [1.807, 2.05) is 43.9 Å². The molecule has 0 spiro atoms. The zero-order valence-corrected chi connectivity index (χ0v) is 17.3. The molecule has 1 aliphatic rings. The predicted molar refractivity (Wildman–Crippen MR) is 115 cm³/mol. The van der Waals surface area contributed by atoms with Gasteiger partial charge in [0.25, 0.3) is 5.91 Å². The van der Waals surface area contributed by atoms with Crippen molar-refractivity contribution in [3.05, 3.63) is 71.8 Å². The number of aromatic nitrogens is 2. The van der Waals surface area contributed by atoms with Crippen LogP contribution in [0.25, 0.3) is 5.69 Å². The highest BCUT2D eigenvalue weighted by molar-refractivity contribution is 6.04. The normalized spacial score (nSPS) is 19.0. The molecule has 1 N–H and O–H groups in total. The molecule has 1 saturated heterocycles. The van der Waals surface area contributed by atoms with Crippen LogP contribution in [0.4, 0.5) is 15.8 Å². The Morgan fingerprint density at radius 3 is 2.40 bits per heavy atom. The maximum Gasteiger partial charge on any atom is 0.255 e. The molecule has 30 heavy (non-hydrogen) atoms. The van der Waals surface area contributed by atoms with Crippen molar-refractivity contribution in [3.8, 4) is 5.69 Å². The van der Waals surface area contributed by atoms with Gasteiger partial charge in [0.15, 0.2) is 0 Å². The standard InChI is InChI=1S/C23H25FN4O2/c1-15-10-11-25-28(15)20-7-4-18(5-8-20)23(29)26-19-6-9-22(21(24)12-19)27-13-16(2)30-17(3)14-27/h4-12,16-17H,13-14H2,1-3H3,(H,26,29). The maximum atomic E-state index is 14.7. The highest BCUT2D eigenvalue weighted by atomic mass is 19.1. The van der Waals surface area contributed by atoms with Crippen LogP contribution in [0.3, 0.4) is 0 Å². The summed E-state index contributed by atoms with van der Waals surface area (Å²) < 4.78 is 22.3. The number of carbonyl (C=O) groups is 1. The quantitative estimate of drug-likeness (QED) is 0.703. The molecule has 156 valence electrons. The van der Waals surface area contributed by atoms with Crippen molar-refractivity contribution < 1.29 is 13.9 Å². The van der Waals surface area contributed by atoms with E-state index in [9.17, 15) is 9.18 Å². The van der Waals surface area contributed by atoms with Crippen LogP contribution in [0.1, 0.15) is 29.9 Å². The number of benzene rings is 2. The van der Waals surface area contributed by atoms with Gasteiger partial charge in [0, 0.05) is 36.2 Å². The first-order valence-electron chi connectivity index (χ1n) is 10.0. The van der Waals surface area contributed by atoms with E-state index in [1.165, 1.54) is 6.07 Å². The average Bonchev–Trinajstić information content (AvgIpc) is 3.13. The van der Waals surface area contributed by atoms with Crippen molar-refractivity contribution in [3.63, 3.8) is 0 Å². The van der Waals surface area contributed by atoms with E-state index in [-0.39, 0.29) is 23.9 Å². The van der Waals surface area contributed by atoms with E-state index in [4.69, 9.17) is 4.74 Å². The second kappa shape index (κ2) is 8.28. The van der Waals surface area contributed by atoms with Crippen molar-refractivity contribution in [1.82, 2.24) is 9.78 Å². The SMILES string of the molecule is Cc1ccnn1-c1ccc(C(=O)Nc2ccc(N3CC(C)OC(C)C3)c(F)c2)cc1. The number of amides is 1. The molecular formula is C23H25FN4O2. The van der Waals surface area contributed by atoms with Crippen LogP contribution in [0.5, 0.6) is 0 Å². The zero-order valence-electron chi connectivity index (χ0n) is 17.3. The van der Waals surface area contributed by atoms with Gasteiger partial charge in [-0.15, -0.1) is 0 Å². The molecular weight excluding hydrogens is 383 g/mol. The molecule has 1 aliphatic heterocycles. The third-order valence-electron chi connectivity index (χ3n) is 5.17. The van der Waals surface area contributed by atoms with E-state index in [1.54, 1.807) is 35.1 Å². The van der Waals surface area contributed by atoms with Gasteiger partial charge in [-0.3, -0.25) is 4.79 Å². The Morgan fingerprint density at radius 1 is 1.10 bits per heavy atom. The Kier molecular flexibility index (Phi) is 5.55. The molecule has 2 heterocycles. The first-order chi connectivity index (χ1) is 14.4. The largest absolute Gasteiger partial charge is 0.372 e. The van der Waals surface area contributed by atoms with E-state index in [0.717, 1.165) is 11.4 Å². The number of hydrogen-bond acceptors (Lipinski definition) is 4. The van der Waals surface area contributed by atoms with Crippen molar-refractivity contribution in [2.45, 2.75) is 33.0 Å². The average molecular weight is 408 g/mol. The summed E-state index contributed by atoms with van der Waals surface area (Å²) in [5.41, 5.74) is 3.31. The summed E-state index contributed by atoms with van der Waals surface area (Å²) in [5.74, 6) is -0.655. The highest BCUT2D eigenvalue weighted by Crippen LogP contribution is 2.26. The van der Waals surface area contributed by atoms with Crippen molar-refractivity contribution in [2.24, 2.45) is 0 Å². The van der Waals surface area contributed by atoms with Crippen LogP contribution < -0.4 is 10.2 Å². The first-order valence-corrected chi connectivity index (χ1v) is 10.0. The third-order valence-corrected chi connectivity index (χ3v) is 5.17. The van der Waals surface area contributed by atoms with Crippen molar-refractivity contribution in [2.75, 3.05) is 23.3 Å². The third kappa shape index (κ3) is 4.21. The number of nitrogens with one attached hydrogen (secondary N) is 1. The molecule has 2 aromatic carbocycles. The number of hydrogen-bond donors (Lipinski definition) is 1. The number of rotatable bonds is 4. The Bertz CT molecular complexity index is 1040. The van der Waals surface area contributed by atoms with Gasteiger partial charge in [0.2, 0.25) is 0 Å². The molecule has 0 bridgehead atoms. The Morgan fingerprint density at radius 2 is 1.80 bits per heavy atom. The molecule has 0 aliphatic carbocycles. The van der Waals surface area contributed by atoms with Gasteiger partial charge in [-0.25, -0.2) is 9.07 Å². The number of halogens is 1. The summed E-state index contributed by atoms with van der Waals surface area (Å²) in [6.45, 7) is 7.19. The molecule has 0 saturated carbocycles. The lowest BCUT2D eigenvalue weighted by Gasteiger charge is -2.37. The second-order valence-electron chi connectivity index (χ2n) is 7.71. The summed E-state index contributed by atoms with van der Waals surface area (Å²) >= 11 is 0. The number of aryl methyl sites for hydroxylation is 1. The van der Waals surface area contributed by atoms with E-state index >= 15 is 0 Å². The smallest absolute Gasteiger partial charge is 0.255 e. The highest BCUT2D eigenvalue weighted by Gasteiger charge is 2.24. The van der Waals surface area contributed by atoms with Gasteiger partial charge < -0.3 is 15.0 Å². The monoisotopic (exact) mass is 408 g/mol. The molecule has 1 amide bonds. The Balaban J connectivity index is 1.46. The fourth-order valence-electron chi connectivity index (χ4n) is 3.81. The summed E-state index contributed by atoms with van der Waals surface area (Å²) in [6.07, 6.45) is 1.81. The maximum absolute atomic E-state index is 14.7. The summed E-state index contributed by atoms with van der Waals surface area (Å²) in [5, 5.41) is 7.02. The molecule has 2 unspecified atom stereocenters. The van der Waals surface area contributed by atoms with Gasteiger partial charge >= 0.3 is 0 Å². The van der Waals surface area contributed by atoms with E-state index in [2.05, 4.69) is 10.4 Å². The van der Waals surface area contributed by atoms with Gasteiger partial charge in [-0.1, -0.05) is 0 Å². The molecule has 1 aromatic heterocycles. The number of carbonyl (C=O) groups excluding carboxylic acids is 1. The van der Waals surface area contributed by atoms with Crippen LogP contribution in [0, 0.1) is 12.7 Å². The molecule has 0 radical (unpaired) electrons. The number of nitrogens with zero attached hydrogens (tertiary/aromatic N) is 3.